The molecule has 0 aromatic rings. The summed E-state index contributed by atoms with van der Waals surface area (Å²) in [5.74, 6) is -0.701. The van der Waals surface area contributed by atoms with Crippen molar-refractivity contribution in [1.29, 1.82) is 0 Å². The van der Waals surface area contributed by atoms with E-state index in [9.17, 15) is 9.59 Å². The van der Waals surface area contributed by atoms with E-state index in [1.54, 1.807) is 12.3 Å². The van der Waals surface area contributed by atoms with Gasteiger partial charge in [0, 0.05) is 29.4 Å². The van der Waals surface area contributed by atoms with Crippen molar-refractivity contribution in [2.75, 3.05) is 6.54 Å². The highest BCUT2D eigenvalue weighted by molar-refractivity contribution is 9.12. The summed E-state index contributed by atoms with van der Waals surface area (Å²) in [6.07, 6.45) is 6.35. The number of nitrogens with one attached hydrogen (secondary N) is 1. The number of aliphatic carboxylic acids is 1. The maximum Gasteiger partial charge on any atom is 0.333 e. The molecule has 7 heteroatoms. The monoisotopic (exact) mass is 361 g/mol. The van der Waals surface area contributed by atoms with Gasteiger partial charge in [-0.3, -0.25) is 4.79 Å². The zero-order chi connectivity index (χ0) is 15.5. The highest BCUT2D eigenvalue weighted by Crippen LogP contribution is 2.53. The van der Waals surface area contributed by atoms with Crippen molar-refractivity contribution in [3.8, 4) is 0 Å². The van der Waals surface area contributed by atoms with Crippen LogP contribution in [0.15, 0.2) is 43.5 Å². The molecule has 0 saturated carbocycles. The Morgan fingerprint density at radius 2 is 2.27 bits per heavy atom. The van der Waals surface area contributed by atoms with Crippen LogP contribution in [-0.2, 0) is 9.59 Å². The van der Waals surface area contributed by atoms with Gasteiger partial charge in [-0.25, -0.2) is 9.79 Å². The highest BCUT2D eigenvalue weighted by Gasteiger charge is 2.56. The molecule has 0 bridgehead atoms. The molecule has 0 fully saturated rings. The second-order valence-electron chi connectivity index (χ2n) is 5.90. The second kappa shape index (κ2) is 4.49. The smallest absolute Gasteiger partial charge is 0.333 e. The van der Waals surface area contributed by atoms with Crippen LogP contribution in [0.5, 0.6) is 0 Å². The number of allylic oxidation sites excluding steroid dienone is 4. The lowest BCUT2D eigenvalue weighted by atomic mass is 9.72. The minimum Gasteiger partial charge on any atom is -0.478 e. The molecule has 2 N–H and O–H groups in total. The molecular weight excluding hydrogens is 350 g/mol. The van der Waals surface area contributed by atoms with Gasteiger partial charge in [0.15, 0.2) is 0 Å². The van der Waals surface area contributed by atoms with Gasteiger partial charge in [0.25, 0.3) is 5.91 Å². The van der Waals surface area contributed by atoms with Gasteiger partial charge in [-0.2, -0.15) is 4.99 Å². The molecule has 2 unspecified atom stereocenters. The molecule has 4 aliphatic rings. The first kappa shape index (κ1) is 13.6. The number of carbonyl (C=O) groups excluding carboxylic acids is 1. The fraction of sp³-hybridized carbons (Fsp3) is 0.333. The zero-order valence-electron chi connectivity index (χ0n) is 11.5. The number of rotatable bonds is 1. The predicted molar refractivity (Wildman–Crippen MR) is 83.8 cm³/mol. The van der Waals surface area contributed by atoms with Gasteiger partial charge in [0.1, 0.15) is 5.84 Å². The Hall–Kier alpha value is -2.02. The van der Waals surface area contributed by atoms with Crippen molar-refractivity contribution in [1.82, 2.24) is 5.32 Å². The Morgan fingerprint density at radius 1 is 1.45 bits per heavy atom. The molecule has 4 rings (SSSR count). The Kier molecular flexibility index (Phi) is 2.78. The normalized spacial score (nSPS) is 32.3. The van der Waals surface area contributed by atoms with Crippen molar-refractivity contribution in [3.63, 3.8) is 0 Å². The Balaban J connectivity index is 1.71. The first-order valence-electron chi connectivity index (χ1n) is 6.94. The number of amides is 1. The van der Waals surface area contributed by atoms with Gasteiger partial charge in [0.05, 0.1) is 16.9 Å². The number of hydrogen-bond donors (Lipinski definition) is 2. The third-order valence-corrected chi connectivity index (χ3v) is 5.13. The van der Waals surface area contributed by atoms with Crippen LogP contribution >= 0.6 is 15.9 Å². The molecule has 6 nitrogen and oxygen atoms in total. The van der Waals surface area contributed by atoms with Gasteiger partial charge in [-0.15, -0.1) is 0 Å². The van der Waals surface area contributed by atoms with E-state index in [0.29, 0.717) is 24.3 Å². The van der Waals surface area contributed by atoms with Crippen LogP contribution < -0.4 is 5.32 Å². The van der Waals surface area contributed by atoms with Gasteiger partial charge < -0.3 is 10.4 Å². The summed E-state index contributed by atoms with van der Waals surface area (Å²) in [6.45, 7) is 0.286. The molecule has 3 heterocycles. The first-order chi connectivity index (χ1) is 10.5. The number of hydrogen-bond acceptors (Lipinski definition) is 4. The Morgan fingerprint density at radius 3 is 3.05 bits per heavy atom. The van der Waals surface area contributed by atoms with E-state index < -0.39 is 11.4 Å². The molecule has 1 aliphatic carbocycles. The molecule has 0 radical (unpaired) electrons. The number of fused-ring (bicyclic) bond motifs is 2. The van der Waals surface area contributed by atoms with E-state index in [-0.39, 0.29) is 18.4 Å². The van der Waals surface area contributed by atoms with Gasteiger partial charge in [0.2, 0.25) is 0 Å². The SMILES string of the molecule is O=C(O)C1=CC2=C(CC3(C2)C(=O)N=C2N=CC(Br)=CC23)NC1. The number of aliphatic imine (C=N–C) groups is 2. The van der Waals surface area contributed by atoms with Crippen LogP contribution in [0, 0.1) is 11.3 Å². The average molecular weight is 362 g/mol. The number of carbonyl (C=O) groups is 2. The summed E-state index contributed by atoms with van der Waals surface area (Å²) in [5.41, 5.74) is 1.51. The average Bonchev–Trinajstić information content (AvgIpc) is 2.99. The van der Waals surface area contributed by atoms with E-state index in [2.05, 4.69) is 31.2 Å². The van der Waals surface area contributed by atoms with Crippen molar-refractivity contribution in [3.05, 3.63) is 33.5 Å². The van der Waals surface area contributed by atoms with E-state index in [1.165, 1.54) is 0 Å². The molecule has 0 aromatic carbocycles. The zero-order valence-corrected chi connectivity index (χ0v) is 13.1. The minimum absolute atomic E-state index is 0.159. The fourth-order valence-electron chi connectivity index (χ4n) is 3.56. The fourth-order valence-corrected chi connectivity index (χ4v) is 3.93. The van der Waals surface area contributed by atoms with Crippen LogP contribution in [0.4, 0.5) is 0 Å². The molecule has 1 amide bonds. The van der Waals surface area contributed by atoms with Crippen molar-refractivity contribution < 1.29 is 14.7 Å². The second-order valence-corrected chi connectivity index (χ2v) is 6.82. The van der Waals surface area contributed by atoms with Crippen molar-refractivity contribution in [2.24, 2.45) is 21.3 Å². The molecule has 0 aromatic heterocycles. The molecular formula is C15H12BrN3O3. The number of amidine groups is 1. The van der Waals surface area contributed by atoms with E-state index in [0.717, 1.165) is 15.8 Å². The van der Waals surface area contributed by atoms with Crippen LogP contribution in [0.3, 0.4) is 0 Å². The molecule has 0 saturated heterocycles. The van der Waals surface area contributed by atoms with E-state index in [1.807, 2.05) is 6.08 Å². The van der Waals surface area contributed by atoms with Gasteiger partial charge in [-0.1, -0.05) is 6.08 Å². The van der Waals surface area contributed by atoms with Crippen LogP contribution in [-0.4, -0.2) is 35.6 Å². The van der Waals surface area contributed by atoms with Crippen molar-refractivity contribution >= 4 is 39.9 Å². The molecule has 112 valence electrons. The largest absolute Gasteiger partial charge is 0.478 e. The number of halogens is 1. The number of dihydropyridines is 2. The molecule has 1 spiro atoms. The summed E-state index contributed by atoms with van der Waals surface area (Å²) in [7, 11) is 0. The number of nitrogens with zero attached hydrogens (tertiary/aromatic N) is 2. The summed E-state index contributed by atoms with van der Waals surface area (Å²) >= 11 is 3.41. The number of carboxylic acid groups (broad SMARTS) is 1. The van der Waals surface area contributed by atoms with Crippen LogP contribution in [0.2, 0.25) is 0 Å². The molecule has 22 heavy (non-hydrogen) atoms. The Labute approximate surface area is 134 Å². The quantitative estimate of drug-likeness (QED) is 0.741. The maximum absolute atomic E-state index is 12.5. The number of carboxylic acids is 1. The van der Waals surface area contributed by atoms with Gasteiger partial charge >= 0.3 is 5.97 Å². The predicted octanol–water partition coefficient (Wildman–Crippen LogP) is 1.55. The highest BCUT2D eigenvalue weighted by atomic mass is 79.9. The van der Waals surface area contributed by atoms with E-state index >= 15 is 0 Å². The van der Waals surface area contributed by atoms with Crippen LogP contribution in [0.1, 0.15) is 12.8 Å². The lowest BCUT2D eigenvalue weighted by Gasteiger charge is -2.28. The van der Waals surface area contributed by atoms with Crippen molar-refractivity contribution in [2.45, 2.75) is 12.8 Å². The lowest BCUT2D eigenvalue weighted by Crippen LogP contribution is -2.34. The summed E-state index contributed by atoms with van der Waals surface area (Å²) in [4.78, 5) is 32.0. The molecule has 3 aliphatic heterocycles. The third kappa shape index (κ3) is 1.78. The first-order valence-corrected chi connectivity index (χ1v) is 7.73. The standard InChI is InChI=1S/C15H12BrN3O3/c16-9-2-10-12(18-6-9)19-14(22)15(10)3-7-1-8(13(20)21)5-17-11(7)4-15/h1-2,6,10,17H,3-5H2,(H,20,21). The topological polar surface area (TPSA) is 91.1 Å². The minimum atomic E-state index is -0.931. The summed E-state index contributed by atoms with van der Waals surface area (Å²) in [5, 5.41) is 12.3. The third-order valence-electron chi connectivity index (χ3n) is 4.66. The lowest BCUT2D eigenvalue weighted by molar-refractivity contribution is -0.132. The molecule has 2 atom stereocenters. The van der Waals surface area contributed by atoms with E-state index in [4.69, 9.17) is 5.11 Å². The van der Waals surface area contributed by atoms with Gasteiger partial charge in [-0.05, 0) is 34.0 Å². The maximum atomic E-state index is 12.5. The summed E-state index contributed by atoms with van der Waals surface area (Å²) in [6, 6.07) is 0. The Bertz CT molecular complexity index is 775. The summed E-state index contributed by atoms with van der Waals surface area (Å²) < 4.78 is 0.838. The van der Waals surface area contributed by atoms with Crippen LogP contribution in [0.25, 0.3) is 0 Å².